The van der Waals surface area contributed by atoms with Gasteiger partial charge in [0, 0.05) is 30.9 Å². The highest BCUT2D eigenvalue weighted by Crippen LogP contribution is 2.23. The molecule has 1 heterocycles. The number of nitrogen functional groups attached to an aromatic ring is 1. The molecule has 1 unspecified atom stereocenters. The zero-order valence-corrected chi connectivity index (χ0v) is 10.7. The predicted octanol–water partition coefficient (Wildman–Crippen LogP) is 1.42. The molecule has 0 saturated carbocycles. The molecule has 0 bridgehead atoms. The molecule has 1 aromatic rings. The van der Waals surface area contributed by atoms with Gasteiger partial charge in [0.25, 0.3) is 5.91 Å². The first-order valence-electron chi connectivity index (χ1n) is 6.38. The summed E-state index contributed by atoms with van der Waals surface area (Å²) < 4.78 is 0. The molecular formula is C14H20N2O2. The first-order chi connectivity index (χ1) is 8.61. The standard InChI is InChI=1S/C14H20N2O2/c1-10-2-3-12(15)8-13(10)14(18)16-6-4-11(9-16)5-7-17/h2-3,8,11,17H,4-7,9,15H2,1H3. The lowest BCUT2D eigenvalue weighted by molar-refractivity contribution is 0.0784. The summed E-state index contributed by atoms with van der Waals surface area (Å²) in [5, 5.41) is 8.93. The molecule has 18 heavy (non-hydrogen) atoms. The summed E-state index contributed by atoms with van der Waals surface area (Å²) in [6.07, 6.45) is 1.76. The van der Waals surface area contributed by atoms with Gasteiger partial charge in [-0.1, -0.05) is 6.07 Å². The van der Waals surface area contributed by atoms with E-state index >= 15 is 0 Å². The largest absolute Gasteiger partial charge is 0.399 e. The molecule has 1 aromatic carbocycles. The van der Waals surface area contributed by atoms with Gasteiger partial charge >= 0.3 is 0 Å². The van der Waals surface area contributed by atoms with Gasteiger partial charge in [-0.2, -0.15) is 0 Å². The molecular weight excluding hydrogens is 228 g/mol. The fourth-order valence-corrected chi connectivity index (χ4v) is 2.48. The normalized spacial score (nSPS) is 19.2. The zero-order chi connectivity index (χ0) is 13.1. The third-order valence-corrected chi connectivity index (χ3v) is 3.60. The van der Waals surface area contributed by atoms with Gasteiger partial charge in [0.15, 0.2) is 0 Å². The number of aliphatic hydroxyl groups is 1. The van der Waals surface area contributed by atoms with E-state index in [9.17, 15) is 4.79 Å². The Bertz CT molecular complexity index is 445. The molecule has 1 aliphatic rings. The second-order valence-electron chi connectivity index (χ2n) is 4.99. The maximum atomic E-state index is 12.4. The highest BCUT2D eigenvalue weighted by Gasteiger charge is 2.27. The van der Waals surface area contributed by atoms with Crippen molar-refractivity contribution in [3.8, 4) is 0 Å². The third-order valence-electron chi connectivity index (χ3n) is 3.60. The molecule has 0 radical (unpaired) electrons. The van der Waals surface area contributed by atoms with E-state index in [2.05, 4.69) is 0 Å². The van der Waals surface area contributed by atoms with Gasteiger partial charge in [-0.15, -0.1) is 0 Å². The molecule has 4 nitrogen and oxygen atoms in total. The highest BCUT2D eigenvalue weighted by molar-refractivity contribution is 5.96. The van der Waals surface area contributed by atoms with Crippen molar-refractivity contribution in [1.82, 2.24) is 4.90 Å². The Kier molecular flexibility index (Phi) is 3.87. The van der Waals surface area contributed by atoms with E-state index in [1.54, 1.807) is 6.07 Å². The Morgan fingerprint density at radius 2 is 2.33 bits per heavy atom. The zero-order valence-electron chi connectivity index (χ0n) is 10.7. The van der Waals surface area contributed by atoms with E-state index in [4.69, 9.17) is 10.8 Å². The van der Waals surface area contributed by atoms with E-state index in [-0.39, 0.29) is 12.5 Å². The van der Waals surface area contributed by atoms with E-state index in [0.29, 0.717) is 17.2 Å². The van der Waals surface area contributed by atoms with E-state index in [1.165, 1.54) is 0 Å². The summed E-state index contributed by atoms with van der Waals surface area (Å²) in [4.78, 5) is 14.2. The first-order valence-corrected chi connectivity index (χ1v) is 6.38. The molecule has 0 aliphatic carbocycles. The SMILES string of the molecule is Cc1ccc(N)cc1C(=O)N1CCC(CCO)C1. The van der Waals surface area contributed by atoms with Crippen molar-refractivity contribution in [3.63, 3.8) is 0 Å². The van der Waals surface area contributed by atoms with Gasteiger partial charge in [0.1, 0.15) is 0 Å². The molecule has 1 aliphatic heterocycles. The number of aliphatic hydroxyl groups excluding tert-OH is 1. The summed E-state index contributed by atoms with van der Waals surface area (Å²) >= 11 is 0. The number of likely N-dealkylation sites (tertiary alicyclic amines) is 1. The Morgan fingerprint density at radius 1 is 1.56 bits per heavy atom. The number of anilines is 1. The number of aryl methyl sites for hydroxylation is 1. The molecule has 1 atom stereocenters. The van der Waals surface area contributed by atoms with Crippen molar-refractivity contribution in [2.24, 2.45) is 5.92 Å². The molecule has 3 N–H and O–H groups in total. The van der Waals surface area contributed by atoms with Crippen molar-refractivity contribution < 1.29 is 9.90 Å². The Balaban J connectivity index is 2.10. The van der Waals surface area contributed by atoms with Gasteiger partial charge in [-0.05, 0) is 43.4 Å². The van der Waals surface area contributed by atoms with Crippen LogP contribution in [0.4, 0.5) is 5.69 Å². The fraction of sp³-hybridized carbons (Fsp3) is 0.500. The monoisotopic (exact) mass is 248 g/mol. The minimum Gasteiger partial charge on any atom is -0.399 e. The van der Waals surface area contributed by atoms with Crippen LogP contribution in [0, 0.1) is 12.8 Å². The lowest BCUT2D eigenvalue weighted by Gasteiger charge is -2.18. The van der Waals surface area contributed by atoms with Crippen LogP contribution in [0.3, 0.4) is 0 Å². The van der Waals surface area contributed by atoms with Gasteiger partial charge in [-0.25, -0.2) is 0 Å². The second kappa shape index (κ2) is 5.40. The molecule has 2 rings (SSSR count). The number of hydrogen-bond acceptors (Lipinski definition) is 3. The Labute approximate surface area is 107 Å². The average molecular weight is 248 g/mol. The number of amides is 1. The van der Waals surface area contributed by atoms with Crippen molar-refractivity contribution in [2.45, 2.75) is 19.8 Å². The van der Waals surface area contributed by atoms with Crippen LogP contribution in [0.1, 0.15) is 28.8 Å². The highest BCUT2D eigenvalue weighted by atomic mass is 16.3. The lowest BCUT2D eigenvalue weighted by atomic mass is 10.1. The second-order valence-corrected chi connectivity index (χ2v) is 4.99. The van der Waals surface area contributed by atoms with Crippen LogP contribution < -0.4 is 5.73 Å². The Morgan fingerprint density at radius 3 is 3.06 bits per heavy atom. The minimum atomic E-state index is 0.0558. The summed E-state index contributed by atoms with van der Waals surface area (Å²) in [5.41, 5.74) is 8.01. The number of benzene rings is 1. The molecule has 1 fully saturated rings. The minimum absolute atomic E-state index is 0.0558. The lowest BCUT2D eigenvalue weighted by Crippen LogP contribution is -2.29. The van der Waals surface area contributed by atoms with E-state index in [0.717, 1.165) is 31.5 Å². The van der Waals surface area contributed by atoms with Crippen LogP contribution in [0.25, 0.3) is 0 Å². The maximum absolute atomic E-state index is 12.4. The third kappa shape index (κ3) is 2.64. The van der Waals surface area contributed by atoms with Crippen LogP contribution in [0.15, 0.2) is 18.2 Å². The summed E-state index contributed by atoms with van der Waals surface area (Å²) in [7, 11) is 0. The van der Waals surface area contributed by atoms with Crippen LogP contribution >= 0.6 is 0 Å². The summed E-state index contributed by atoms with van der Waals surface area (Å²) in [5.74, 6) is 0.487. The van der Waals surface area contributed by atoms with E-state index in [1.807, 2.05) is 24.0 Å². The number of nitrogens with zero attached hydrogens (tertiary/aromatic N) is 1. The number of rotatable bonds is 3. The predicted molar refractivity (Wildman–Crippen MR) is 71.3 cm³/mol. The van der Waals surface area contributed by atoms with Crippen molar-refractivity contribution in [1.29, 1.82) is 0 Å². The topological polar surface area (TPSA) is 66.6 Å². The smallest absolute Gasteiger partial charge is 0.254 e. The molecule has 1 saturated heterocycles. The number of carbonyl (C=O) groups excluding carboxylic acids is 1. The Hall–Kier alpha value is -1.55. The van der Waals surface area contributed by atoms with Gasteiger partial charge in [0.05, 0.1) is 0 Å². The van der Waals surface area contributed by atoms with E-state index < -0.39 is 0 Å². The van der Waals surface area contributed by atoms with Gasteiger partial charge in [0.2, 0.25) is 0 Å². The van der Waals surface area contributed by atoms with Crippen molar-refractivity contribution in [3.05, 3.63) is 29.3 Å². The molecule has 4 heteroatoms. The quantitative estimate of drug-likeness (QED) is 0.795. The number of nitrogens with two attached hydrogens (primary N) is 1. The maximum Gasteiger partial charge on any atom is 0.254 e. The summed E-state index contributed by atoms with van der Waals surface area (Å²) in [6, 6.07) is 5.44. The first kappa shape index (κ1) is 12.9. The molecule has 1 amide bonds. The fourth-order valence-electron chi connectivity index (χ4n) is 2.48. The average Bonchev–Trinajstić information content (AvgIpc) is 2.80. The molecule has 0 spiro atoms. The molecule has 0 aromatic heterocycles. The van der Waals surface area contributed by atoms with Crippen LogP contribution in [0.2, 0.25) is 0 Å². The number of carbonyl (C=O) groups is 1. The van der Waals surface area contributed by atoms with Crippen LogP contribution in [-0.2, 0) is 0 Å². The van der Waals surface area contributed by atoms with Crippen molar-refractivity contribution in [2.75, 3.05) is 25.4 Å². The number of hydrogen-bond donors (Lipinski definition) is 2. The van der Waals surface area contributed by atoms with Crippen LogP contribution in [0.5, 0.6) is 0 Å². The van der Waals surface area contributed by atoms with Crippen LogP contribution in [-0.4, -0.2) is 35.6 Å². The molecule has 98 valence electrons. The summed E-state index contributed by atoms with van der Waals surface area (Å²) in [6.45, 7) is 3.64. The van der Waals surface area contributed by atoms with Gasteiger partial charge < -0.3 is 15.7 Å². The van der Waals surface area contributed by atoms with Gasteiger partial charge in [-0.3, -0.25) is 4.79 Å². The van der Waals surface area contributed by atoms with Crippen molar-refractivity contribution >= 4 is 11.6 Å².